The minimum atomic E-state index is -4.11. The highest BCUT2D eigenvalue weighted by molar-refractivity contribution is 8.00. The highest BCUT2D eigenvalue weighted by Crippen LogP contribution is 2.37. The van der Waals surface area contributed by atoms with Crippen molar-refractivity contribution in [3.8, 4) is 0 Å². The number of hydrogen-bond acceptors (Lipinski definition) is 2. The van der Waals surface area contributed by atoms with Crippen LogP contribution in [0.15, 0.2) is 24.3 Å². The topological polar surface area (TPSA) is 12.0 Å². The average Bonchev–Trinajstić information content (AvgIpc) is 2.56. The molecule has 0 fully saturated rings. The molecule has 0 aromatic heterocycles. The summed E-state index contributed by atoms with van der Waals surface area (Å²) in [5.41, 5.74) is -1.52. The molecular formula is C15H20F3NS. The summed E-state index contributed by atoms with van der Waals surface area (Å²) < 4.78 is 36.8. The van der Waals surface area contributed by atoms with E-state index in [9.17, 15) is 13.2 Å². The number of hydrogen-bond donors (Lipinski definition) is 1. The highest BCUT2D eigenvalue weighted by atomic mass is 32.2. The van der Waals surface area contributed by atoms with E-state index in [1.165, 1.54) is 11.1 Å². The Morgan fingerprint density at radius 2 is 2.05 bits per heavy atom. The molecule has 2 rings (SSSR count). The molecule has 20 heavy (non-hydrogen) atoms. The summed E-state index contributed by atoms with van der Waals surface area (Å²) in [5.74, 6) is 0.424. The van der Waals surface area contributed by atoms with Gasteiger partial charge in [0.2, 0.25) is 0 Å². The number of halogens is 3. The number of benzene rings is 1. The summed E-state index contributed by atoms with van der Waals surface area (Å²) in [4.78, 5) is 0. The first kappa shape index (κ1) is 15.7. The first-order chi connectivity index (χ1) is 9.51. The summed E-state index contributed by atoms with van der Waals surface area (Å²) in [6, 6.07) is 8.45. The molecule has 0 spiro atoms. The van der Waals surface area contributed by atoms with Crippen molar-refractivity contribution < 1.29 is 13.2 Å². The summed E-state index contributed by atoms with van der Waals surface area (Å²) >= 11 is 0.100. The van der Waals surface area contributed by atoms with Crippen molar-refractivity contribution in [2.45, 2.75) is 37.2 Å². The fourth-order valence-corrected chi connectivity index (χ4v) is 3.72. The van der Waals surface area contributed by atoms with Gasteiger partial charge < -0.3 is 5.32 Å². The second-order valence-electron chi connectivity index (χ2n) is 5.20. The average molecular weight is 303 g/mol. The van der Waals surface area contributed by atoms with Gasteiger partial charge in [-0.3, -0.25) is 0 Å². The smallest absolute Gasteiger partial charge is 0.313 e. The Hall–Kier alpha value is -0.680. The van der Waals surface area contributed by atoms with Gasteiger partial charge in [0.05, 0.1) is 0 Å². The number of nitrogens with one attached hydrogen (secondary N) is 1. The summed E-state index contributed by atoms with van der Waals surface area (Å²) in [6.07, 6.45) is 3.66. The Bertz CT molecular complexity index is 433. The van der Waals surface area contributed by atoms with Crippen LogP contribution >= 0.6 is 11.8 Å². The predicted molar refractivity (Wildman–Crippen MR) is 77.8 cm³/mol. The Morgan fingerprint density at radius 1 is 1.30 bits per heavy atom. The maximum atomic E-state index is 12.3. The molecule has 1 N–H and O–H groups in total. The molecule has 1 aliphatic carbocycles. The van der Waals surface area contributed by atoms with Crippen LogP contribution in [0, 0.1) is 5.92 Å². The molecular weight excluding hydrogens is 283 g/mol. The number of rotatable bonds is 4. The van der Waals surface area contributed by atoms with Gasteiger partial charge in [-0.2, -0.15) is 13.2 Å². The summed E-state index contributed by atoms with van der Waals surface area (Å²) in [5, 5.41) is 3.31. The van der Waals surface area contributed by atoms with Crippen molar-refractivity contribution in [1.82, 2.24) is 5.32 Å². The van der Waals surface area contributed by atoms with Crippen molar-refractivity contribution in [3.05, 3.63) is 35.4 Å². The number of aryl methyl sites for hydroxylation is 1. The lowest BCUT2D eigenvalue weighted by molar-refractivity contribution is -0.0328. The van der Waals surface area contributed by atoms with Crippen molar-refractivity contribution in [2.24, 2.45) is 5.92 Å². The van der Waals surface area contributed by atoms with Gasteiger partial charge in [0.15, 0.2) is 0 Å². The lowest BCUT2D eigenvalue weighted by Crippen LogP contribution is -2.25. The van der Waals surface area contributed by atoms with Crippen LogP contribution in [0.5, 0.6) is 0 Å². The third-order valence-corrected chi connectivity index (χ3v) is 4.72. The van der Waals surface area contributed by atoms with Crippen molar-refractivity contribution in [2.75, 3.05) is 12.8 Å². The largest absolute Gasteiger partial charge is 0.441 e. The maximum Gasteiger partial charge on any atom is 0.441 e. The van der Waals surface area contributed by atoms with Gasteiger partial charge >= 0.3 is 5.51 Å². The molecule has 0 bridgehead atoms. The molecule has 2 unspecified atom stereocenters. The standard InChI is InChI=1S/C15H20F3NS/c1-19-14-12(9-10-20-15(16,17)18)7-4-6-11-5-2-3-8-13(11)14/h2-3,5,8,12,14,19H,4,6-7,9-10H2,1H3. The van der Waals surface area contributed by atoms with E-state index < -0.39 is 5.51 Å². The Labute approximate surface area is 122 Å². The number of thioether (sulfide) groups is 1. The maximum absolute atomic E-state index is 12.3. The zero-order valence-electron chi connectivity index (χ0n) is 11.5. The number of fused-ring (bicyclic) bond motifs is 1. The highest BCUT2D eigenvalue weighted by Gasteiger charge is 2.30. The number of alkyl halides is 3. The lowest BCUT2D eigenvalue weighted by Gasteiger charge is -2.26. The minimum absolute atomic E-state index is 0.100. The van der Waals surface area contributed by atoms with Gasteiger partial charge in [-0.05, 0) is 49.8 Å². The van der Waals surface area contributed by atoms with Gasteiger partial charge in [0.25, 0.3) is 0 Å². The van der Waals surface area contributed by atoms with Crippen LogP contribution in [-0.2, 0) is 6.42 Å². The zero-order chi connectivity index (χ0) is 14.6. The van der Waals surface area contributed by atoms with E-state index in [2.05, 4.69) is 17.4 Å². The summed E-state index contributed by atoms with van der Waals surface area (Å²) in [7, 11) is 1.90. The monoisotopic (exact) mass is 303 g/mol. The van der Waals surface area contributed by atoms with Gasteiger partial charge in [-0.1, -0.05) is 36.0 Å². The van der Waals surface area contributed by atoms with Crippen LogP contribution in [0.1, 0.15) is 36.4 Å². The molecule has 5 heteroatoms. The molecule has 0 amide bonds. The zero-order valence-corrected chi connectivity index (χ0v) is 12.4. The SMILES string of the molecule is CNC1c2ccccc2CCCC1CCSC(F)(F)F. The molecule has 2 atom stereocenters. The van der Waals surface area contributed by atoms with E-state index in [1.54, 1.807) is 0 Å². The molecule has 1 aromatic carbocycles. The van der Waals surface area contributed by atoms with E-state index in [-0.39, 0.29) is 29.5 Å². The van der Waals surface area contributed by atoms with Crippen LogP contribution in [0.4, 0.5) is 13.2 Å². The molecule has 0 saturated carbocycles. The minimum Gasteiger partial charge on any atom is -0.313 e. The van der Waals surface area contributed by atoms with E-state index in [0.29, 0.717) is 6.42 Å². The van der Waals surface area contributed by atoms with Crippen LogP contribution in [0.25, 0.3) is 0 Å². The van der Waals surface area contributed by atoms with Crippen LogP contribution in [0.3, 0.4) is 0 Å². The van der Waals surface area contributed by atoms with E-state index in [4.69, 9.17) is 0 Å². The van der Waals surface area contributed by atoms with Gasteiger partial charge in [-0.25, -0.2) is 0 Å². The first-order valence-corrected chi connectivity index (χ1v) is 7.95. The second kappa shape index (κ2) is 6.85. The normalized spacial score (nSPS) is 23.2. The molecule has 1 nitrogen and oxygen atoms in total. The van der Waals surface area contributed by atoms with Crippen LogP contribution in [-0.4, -0.2) is 18.3 Å². The van der Waals surface area contributed by atoms with Gasteiger partial charge in [-0.15, -0.1) is 0 Å². The van der Waals surface area contributed by atoms with E-state index in [1.807, 2.05) is 19.2 Å². The molecule has 0 radical (unpaired) electrons. The fourth-order valence-electron chi connectivity index (χ4n) is 3.07. The third kappa shape index (κ3) is 4.16. The second-order valence-corrected chi connectivity index (χ2v) is 6.36. The molecule has 0 saturated heterocycles. The van der Waals surface area contributed by atoms with Crippen LogP contribution < -0.4 is 5.32 Å². The van der Waals surface area contributed by atoms with Crippen molar-refractivity contribution >= 4 is 11.8 Å². The first-order valence-electron chi connectivity index (χ1n) is 6.97. The Morgan fingerprint density at radius 3 is 2.75 bits per heavy atom. The van der Waals surface area contributed by atoms with Gasteiger partial charge in [0.1, 0.15) is 0 Å². The van der Waals surface area contributed by atoms with Crippen molar-refractivity contribution in [1.29, 1.82) is 0 Å². The third-order valence-electron chi connectivity index (χ3n) is 3.95. The summed E-state index contributed by atoms with van der Waals surface area (Å²) in [6.45, 7) is 0. The predicted octanol–water partition coefficient (Wildman–Crippen LogP) is 4.54. The Kier molecular flexibility index (Phi) is 5.38. The molecule has 0 aliphatic heterocycles. The van der Waals surface area contributed by atoms with Gasteiger partial charge in [0, 0.05) is 11.8 Å². The van der Waals surface area contributed by atoms with Crippen LogP contribution in [0.2, 0.25) is 0 Å². The lowest BCUT2D eigenvalue weighted by atomic mass is 9.89. The van der Waals surface area contributed by atoms with Crippen molar-refractivity contribution in [3.63, 3.8) is 0 Å². The Balaban J connectivity index is 2.06. The molecule has 1 aliphatic rings. The fraction of sp³-hybridized carbons (Fsp3) is 0.600. The quantitative estimate of drug-likeness (QED) is 0.819. The molecule has 112 valence electrons. The van der Waals surface area contributed by atoms with E-state index >= 15 is 0 Å². The van der Waals surface area contributed by atoms with E-state index in [0.717, 1.165) is 19.3 Å². The molecule has 1 aromatic rings. The molecule has 0 heterocycles.